The molecule has 0 unspecified atom stereocenters. The van der Waals surface area contributed by atoms with Crippen molar-refractivity contribution < 1.29 is 13.2 Å². The van der Waals surface area contributed by atoms with Crippen LogP contribution in [-0.4, -0.2) is 37.6 Å². The van der Waals surface area contributed by atoms with Crippen LogP contribution in [-0.2, 0) is 10.0 Å². The molecule has 19 heavy (non-hydrogen) atoms. The molecule has 0 atom stereocenters. The second-order valence-electron chi connectivity index (χ2n) is 4.14. The van der Waals surface area contributed by atoms with Crippen molar-refractivity contribution in [2.45, 2.75) is 0 Å². The summed E-state index contributed by atoms with van der Waals surface area (Å²) in [6.07, 6.45) is 5.30. The maximum Gasteiger partial charge on any atom is 0.275 e. The number of sulfonamides is 1. The molecule has 0 spiro atoms. The zero-order valence-electron chi connectivity index (χ0n) is 9.78. The zero-order valence-corrected chi connectivity index (χ0v) is 10.6. The minimum absolute atomic E-state index is 0.0849. The highest BCUT2D eigenvalue weighted by atomic mass is 32.2. The van der Waals surface area contributed by atoms with Gasteiger partial charge in [0.2, 0.25) is 5.96 Å². The van der Waals surface area contributed by atoms with Gasteiger partial charge >= 0.3 is 0 Å². The monoisotopic (exact) mass is 275 g/mol. The Hall–Kier alpha value is -2.33. The molecule has 0 N–H and O–H groups in total. The number of terminal acetylenes is 1. The van der Waals surface area contributed by atoms with Gasteiger partial charge in [0.25, 0.3) is 15.9 Å². The molecule has 1 amide bonds. The Balaban J connectivity index is 2.23. The maximum absolute atomic E-state index is 12.2. The van der Waals surface area contributed by atoms with Crippen LogP contribution in [0.3, 0.4) is 0 Å². The predicted octanol–water partition coefficient (Wildman–Crippen LogP) is 0.239. The van der Waals surface area contributed by atoms with E-state index >= 15 is 0 Å². The Labute approximate surface area is 110 Å². The van der Waals surface area contributed by atoms with Crippen LogP contribution in [0.15, 0.2) is 28.7 Å². The molecule has 0 aromatic heterocycles. The third kappa shape index (κ3) is 1.69. The molecule has 96 valence electrons. The summed E-state index contributed by atoms with van der Waals surface area (Å²) in [4.78, 5) is 14.9. The summed E-state index contributed by atoms with van der Waals surface area (Å²) in [7, 11) is -3.65. The molecule has 7 heteroatoms. The van der Waals surface area contributed by atoms with Gasteiger partial charge in [0.05, 0.1) is 17.8 Å². The van der Waals surface area contributed by atoms with E-state index in [2.05, 4.69) is 10.3 Å². The van der Waals surface area contributed by atoms with Crippen LogP contribution in [0.5, 0.6) is 0 Å². The summed E-state index contributed by atoms with van der Waals surface area (Å²) in [5.74, 6) is 1.72. The first kappa shape index (κ1) is 11.7. The van der Waals surface area contributed by atoms with Gasteiger partial charge in [-0.05, 0) is 12.1 Å². The molecule has 2 heterocycles. The lowest BCUT2D eigenvalue weighted by Crippen LogP contribution is -2.50. The van der Waals surface area contributed by atoms with Gasteiger partial charge in [-0.2, -0.15) is 0 Å². The van der Waals surface area contributed by atoms with Crippen molar-refractivity contribution in [1.82, 2.24) is 4.90 Å². The molecule has 0 bridgehead atoms. The number of anilines is 1. The fourth-order valence-corrected chi connectivity index (χ4v) is 3.22. The van der Waals surface area contributed by atoms with Gasteiger partial charge in [-0.3, -0.25) is 14.6 Å². The first-order valence-corrected chi connectivity index (χ1v) is 7.09. The van der Waals surface area contributed by atoms with Crippen LogP contribution in [0.1, 0.15) is 10.4 Å². The standard InChI is InChI=1S/C12H9N3O3S/c1-2-7-14-10-6-4-3-5-9(10)11(16)15-8-19(17,18)13-12(14)15/h1,3-6H,7-8H2. The van der Waals surface area contributed by atoms with Crippen LogP contribution >= 0.6 is 0 Å². The molecule has 0 fully saturated rings. The minimum Gasteiger partial charge on any atom is -0.299 e. The number of fused-ring (bicyclic) bond motifs is 2. The number of carbonyl (C=O) groups is 1. The van der Waals surface area contributed by atoms with Gasteiger partial charge in [-0.25, -0.2) is 8.42 Å². The van der Waals surface area contributed by atoms with E-state index < -0.39 is 15.9 Å². The van der Waals surface area contributed by atoms with Crippen LogP contribution in [0.25, 0.3) is 0 Å². The molecular formula is C12H9N3O3S. The number of hydrogen-bond acceptors (Lipinski definition) is 4. The summed E-state index contributed by atoms with van der Waals surface area (Å²) in [5, 5.41) is 0. The van der Waals surface area contributed by atoms with Crippen LogP contribution in [0.2, 0.25) is 0 Å². The van der Waals surface area contributed by atoms with E-state index in [1.54, 1.807) is 29.2 Å². The molecule has 2 aliphatic heterocycles. The lowest BCUT2D eigenvalue weighted by atomic mass is 10.1. The summed E-state index contributed by atoms with van der Waals surface area (Å²) < 4.78 is 26.8. The summed E-state index contributed by atoms with van der Waals surface area (Å²) >= 11 is 0. The molecule has 0 saturated heterocycles. The van der Waals surface area contributed by atoms with Gasteiger partial charge in [0, 0.05) is 0 Å². The Morgan fingerprint density at radius 3 is 2.84 bits per heavy atom. The van der Waals surface area contributed by atoms with E-state index in [1.807, 2.05) is 0 Å². The SMILES string of the molecule is C#CCN1C2=NS(=O)(=O)CN2C(=O)c2ccccc21. The highest BCUT2D eigenvalue weighted by Gasteiger charge is 2.42. The number of hydrogen-bond donors (Lipinski definition) is 0. The van der Waals surface area contributed by atoms with Crippen molar-refractivity contribution in [2.24, 2.45) is 4.40 Å². The maximum atomic E-state index is 12.2. The van der Waals surface area contributed by atoms with E-state index in [4.69, 9.17) is 6.42 Å². The number of rotatable bonds is 1. The molecule has 0 aliphatic carbocycles. The van der Waals surface area contributed by atoms with E-state index in [9.17, 15) is 13.2 Å². The molecule has 0 radical (unpaired) electrons. The van der Waals surface area contributed by atoms with E-state index in [1.165, 1.54) is 0 Å². The molecule has 2 aliphatic rings. The Kier molecular flexibility index (Phi) is 2.37. The topological polar surface area (TPSA) is 70.1 Å². The second-order valence-corrected chi connectivity index (χ2v) is 5.75. The lowest BCUT2D eigenvalue weighted by molar-refractivity contribution is 0.0860. The summed E-state index contributed by atoms with van der Waals surface area (Å²) in [5.41, 5.74) is 1.01. The van der Waals surface area contributed by atoms with Gasteiger partial charge in [0.1, 0.15) is 0 Å². The quantitative estimate of drug-likeness (QED) is 0.688. The normalized spacial score (nSPS) is 19.5. The first-order valence-electron chi connectivity index (χ1n) is 5.48. The third-order valence-corrected chi connectivity index (χ3v) is 3.94. The fourth-order valence-electron chi connectivity index (χ4n) is 2.16. The number of amides is 1. The number of para-hydroxylation sites is 1. The van der Waals surface area contributed by atoms with Crippen molar-refractivity contribution in [3.05, 3.63) is 29.8 Å². The number of guanidine groups is 1. The number of carbonyl (C=O) groups excluding carboxylic acids is 1. The average Bonchev–Trinajstić information content (AvgIpc) is 2.70. The smallest absolute Gasteiger partial charge is 0.275 e. The average molecular weight is 275 g/mol. The summed E-state index contributed by atoms with van der Waals surface area (Å²) in [6.45, 7) is 0.148. The predicted molar refractivity (Wildman–Crippen MR) is 70.0 cm³/mol. The van der Waals surface area contributed by atoms with E-state index in [-0.39, 0.29) is 18.4 Å². The van der Waals surface area contributed by atoms with Crippen molar-refractivity contribution >= 4 is 27.6 Å². The Morgan fingerprint density at radius 2 is 2.11 bits per heavy atom. The van der Waals surface area contributed by atoms with E-state index in [0.717, 1.165) is 4.90 Å². The van der Waals surface area contributed by atoms with Crippen molar-refractivity contribution in [2.75, 3.05) is 17.3 Å². The molecular weight excluding hydrogens is 266 g/mol. The molecule has 6 nitrogen and oxygen atoms in total. The number of benzene rings is 1. The molecule has 1 aromatic carbocycles. The van der Waals surface area contributed by atoms with Crippen LogP contribution < -0.4 is 4.90 Å². The Bertz CT molecular complexity index is 746. The lowest BCUT2D eigenvalue weighted by Gasteiger charge is -2.33. The Morgan fingerprint density at radius 1 is 1.37 bits per heavy atom. The fraction of sp³-hybridized carbons (Fsp3) is 0.167. The first-order chi connectivity index (χ1) is 9.03. The van der Waals surface area contributed by atoms with Gasteiger partial charge in [-0.15, -0.1) is 10.8 Å². The molecule has 0 saturated carbocycles. The number of nitrogens with zero attached hydrogens (tertiary/aromatic N) is 3. The highest BCUT2D eigenvalue weighted by molar-refractivity contribution is 7.90. The second kappa shape index (κ2) is 3.83. The molecule has 1 aromatic rings. The van der Waals surface area contributed by atoms with Gasteiger partial charge in [-0.1, -0.05) is 18.1 Å². The zero-order chi connectivity index (χ0) is 13.6. The van der Waals surface area contributed by atoms with Gasteiger partial charge < -0.3 is 0 Å². The van der Waals surface area contributed by atoms with Crippen LogP contribution in [0.4, 0.5) is 5.69 Å². The molecule has 3 rings (SSSR count). The largest absolute Gasteiger partial charge is 0.299 e. The van der Waals surface area contributed by atoms with Crippen molar-refractivity contribution in [3.8, 4) is 12.3 Å². The van der Waals surface area contributed by atoms with Gasteiger partial charge in [0.15, 0.2) is 5.88 Å². The van der Waals surface area contributed by atoms with Crippen molar-refractivity contribution in [1.29, 1.82) is 0 Å². The van der Waals surface area contributed by atoms with Crippen molar-refractivity contribution in [3.63, 3.8) is 0 Å². The van der Waals surface area contributed by atoms with E-state index in [0.29, 0.717) is 11.3 Å². The summed E-state index contributed by atoms with van der Waals surface area (Å²) in [6, 6.07) is 6.84. The highest BCUT2D eigenvalue weighted by Crippen LogP contribution is 2.31. The van der Waals surface area contributed by atoms with Crippen LogP contribution in [0, 0.1) is 12.3 Å². The minimum atomic E-state index is -3.65. The third-order valence-electron chi connectivity index (χ3n) is 2.92.